The van der Waals surface area contributed by atoms with Gasteiger partial charge >= 0.3 is 0 Å². The molecule has 1 aromatic carbocycles. The third-order valence-electron chi connectivity index (χ3n) is 2.62. The molecule has 0 bridgehead atoms. The summed E-state index contributed by atoms with van der Waals surface area (Å²) < 4.78 is 0. The lowest BCUT2D eigenvalue weighted by atomic mass is 10.00. The molecule has 0 saturated carbocycles. The molecule has 0 aliphatic carbocycles. The summed E-state index contributed by atoms with van der Waals surface area (Å²) in [5.41, 5.74) is 2.09. The van der Waals surface area contributed by atoms with Crippen molar-refractivity contribution in [2.45, 2.75) is 39.5 Å². The summed E-state index contributed by atoms with van der Waals surface area (Å²) in [6.07, 6.45) is 5.75. The lowest BCUT2D eigenvalue weighted by Crippen LogP contribution is -2.00. The van der Waals surface area contributed by atoms with Gasteiger partial charge in [-0.15, -0.1) is 0 Å². The fourth-order valence-corrected chi connectivity index (χ4v) is 1.64. The third kappa shape index (κ3) is 4.01. The maximum absolute atomic E-state index is 11.8. The molecule has 1 nitrogen and oxygen atoms in total. The highest BCUT2D eigenvalue weighted by molar-refractivity contribution is 5.99. The molecule has 0 aromatic heterocycles. The predicted molar refractivity (Wildman–Crippen MR) is 69.2 cm³/mol. The molecule has 0 heterocycles. The zero-order valence-corrected chi connectivity index (χ0v) is 10.2. The minimum Gasteiger partial charge on any atom is -0.295 e. The Kier molecular flexibility index (Phi) is 5.55. The molecule has 0 N–H and O–H groups in total. The molecule has 16 heavy (non-hydrogen) atoms. The second-order valence-electron chi connectivity index (χ2n) is 3.96. The van der Waals surface area contributed by atoms with Gasteiger partial charge in [0.1, 0.15) is 0 Å². The SMILES string of the molecule is CCCCC(=Cc1ccccc1)C(=O)CC. The van der Waals surface area contributed by atoms with Gasteiger partial charge in [0.15, 0.2) is 5.78 Å². The van der Waals surface area contributed by atoms with Crippen LogP contribution in [0, 0.1) is 0 Å². The predicted octanol–water partition coefficient (Wildman–Crippen LogP) is 4.24. The summed E-state index contributed by atoms with van der Waals surface area (Å²) in [6.45, 7) is 4.07. The fourth-order valence-electron chi connectivity index (χ4n) is 1.64. The molecule has 0 saturated heterocycles. The first-order chi connectivity index (χ1) is 7.77. The second-order valence-corrected chi connectivity index (χ2v) is 3.96. The summed E-state index contributed by atoms with van der Waals surface area (Å²) in [6, 6.07) is 10.1. The van der Waals surface area contributed by atoms with E-state index < -0.39 is 0 Å². The van der Waals surface area contributed by atoms with Crippen molar-refractivity contribution >= 4 is 11.9 Å². The van der Waals surface area contributed by atoms with Crippen LogP contribution in [0.3, 0.4) is 0 Å². The lowest BCUT2D eigenvalue weighted by molar-refractivity contribution is -0.115. The van der Waals surface area contributed by atoms with E-state index in [0.29, 0.717) is 6.42 Å². The molecule has 0 radical (unpaired) electrons. The first kappa shape index (κ1) is 12.7. The van der Waals surface area contributed by atoms with Crippen LogP contribution in [0.1, 0.15) is 45.1 Å². The van der Waals surface area contributed by atoms with Crippen LogP contribution in [-0.2, 0) is 4.79 Å². The van der Waals surface area contributed by atoms with E-state index in [1.54, 1.807) is 0 Å². The lowest BCUT2D eigenvalue weighted by Gasteiger charge is -2.04. The number of hydrogen-bond acceptors (Lipinski definition) is 1. The van der Waals surface area contributed by atoms with E-state index in [0.717, 1.165) is 30.4 Å². The zero-order valence-electron chi connectivity index (χ0n) is 10.2. The number of ketones is 1. The summed E-state index contributed by atoms with van der Waals surface area (Å²) in [5.74, 6) is 0.275. The van der Waals surface area contributed by atoms with Gasteiger partial charge in [0, 0.05) is 6.42 Å². The van der Waals surface area contributed by atoms with E-state index in [2.05, 4.69) is 6.92 Å². The van der Waals surface area contributed by atoms with Crippen LogP contribution in [0.2, 0.25) is 0 Å². The van der Waals surface area contributed by atoms with E-state index in [4.69, 9.17) is 0 Å². The minimum atomic E-state index is 0.275. The average molecular weight is 216 g/mol. The summed E-state index contributed by atoms with van der Waals surface area (Å²) in [5, 5.41) is 0. The van der Waals surface area contributed by atoms with Crippen molar-refractivity contribution in [2.24, 2.45) is 0 Å². The van der Waals surface area contributed by atoms with E-state index >= 15 is 0 Å². The van der Waals surface area contributed by atoms with Gasteiger partial charge in [0.05, 0.1) is 0 Å². The molecule has 86 valence electrons. The number of hydrogen-bond donors (Lipinski definition) is 0. The standard InChI is InChI=1S/C15H20O/c1-3-5-11-14(15(16)4-2)12-13-9-7-6-8-10-13/h6-10,12H,3-5,11H2,1-2H3. The molecular formula is C15H20O. The van der Waals surface area contributed by atoms with E-state index in [1.165, 1.54) is 0 Å². The molecule has 0 amide bonds. The molecule has 1 aromatic rings. The Morgan fingerprint density at radius 3 is 2.44 bits per heavy atom. The smallest absolute Gasteiger partial charge is 0.158 e. The van der Waals surface area contributed by atoms with Gasteiger partial charge in [-0.3, -0.25) is 4.79 Å². The Morgan fingerprint density at radius 1 is 1.19 bits per heavy atom. The Morgan fingerprint density at radius 2 is 1.88 bits per heavy atom. The first-order valence-electron chi connectivity index (χ1n) is 6.06. The number of unbranched alkanes of at least 4 members (excludes halogenated alkanes) is 1. The van der Waals surface area contributed by atoms with Gasteiger partial charge in [0.25, 0.3) is 0 Å². The Bertz CT molecular complexity index is 349. The highest BCUT2D eigenvalue weighted by atomic mass is 16.1. The van der Waals surface area contributed by atoms with Crippen LogP contribution < -0.4 is 0 Å². The molecule has 1 heteroatoms. The maximum atomic E-state index is 11.8. The normalized spacial score (nSPS) is 11.5. The minimum absolute atomic E-state index is 0.275. The molecule has 0 aliphatic rings. The van der Waals surface area contributed by atoms with Crippen molar-refractivity contribution in [1.82, 2.24) is 0 Å². The third-order valence-corrected chi connectivity index (χ3v) is 2.62. The van der Waals surface area contributed by atoms with Crippen molar-refractivity contribution in [3.8, 4) is 0 Å². The van der Waals surface area contributed by atoms with Crippen molar-refractivity contribution in [3.05, 3.63) is 41.5 Å². The first-order valence-corrected chi connectivity index (χ1v) is 6.06. The van der Waals surface area contributed by atoms with Gasteiger partial charge in [-0.2, -0.15) is 0 Å². The van der Waals surface area contributed by atoms with Gasteiger partial charge in [0.2, 0.25) is 0 Å². The van der Waals surface area contributed by atoms with E-state index in [9.17, 15) is 4.79 Å². The Balaban J connectivity index is 2.83. The average Bonchev–Trinajstić information content (AvgIpc) is 2.34. The van der Waals surface area contributed by atoms with Crippen LogP contribution in [0.25, 0.3) is 6.08 Å². The highest BCUT2D eigenvalue weighted by Crippen LogP contribution is 2.15. The van der Waals surface area contributed by atoms with Crippen LogP contribution in [-0.4, -0.2) is 5.78 Å². The molecule has 0 spiro atoms. The largest absolute Gasteiger partial charge is 0.295 e. The summed E-state index contributed by atoms with van der Waals surface area (Å²) in [4.78, 5) is 11.8. The topological polar surface area (TPSA) is 17.1 Å². The molecule has 0 atom stereocenters. The molecule has 1 rings (SSSR count). The number of Topliss-reactive ketones (excluding diaryl/α,β-unsaturated/α-hetero) is 1. The maximum Gasteiger partial charge on any atom is 0.158 e. The van der Waals surface area contributed by atoms with Crippen molar-refractivity contribution in [2.75, 3.05) is 0 Å². The van der Waals surface area contributed by atoms with Crippen molar-refractivity contribution in [1.29, 1.82) is 0 Å². The van der Waals surface area contributed by atoms with Gasteiger partial charge in [-0.05, 0) is 30.1 Å². The highest BCUT2D eigenvalue weighted by Gasteiger charge is 2.06. The van der Waals surface area contributed by atoms with Crippen LogP contribution in [0.4, 0.5) is 0 Å². The second kappa shape index (κ2) is 7.00. The van der Waals surface area contributed by atoms with Gasteiger partial charge in [-0.1, -0.05) is 50.6 Å². The molecule has 0 aliphatic heterocycles. The zero-order chi connectivity index (χ0) is 11.8. The number of carbonyl (C=O) groups excluding carboxylic acids is 1. The van der Waals surface area contributed by atoms with Crippen molar-refractivity contribution < 1.29 is 4.79 Å². The van der Waals surface area contributed by atoms with E-state index in [1.807, 2.05) is 43.3 Å². The van der Waals surface area contributed by atoms with Crippen LogP contribution in [0.15, 0.2) is 35.9 Å². The Hall–Kier alpha value is -1.37. The quantitative estimate of drug-likeness (QED) is 0.650. The number of rotatable bonds is 6. The summed E-state index contributed by atoms with van der Waals surface area (Å²) in [7, 11) is 0. The van der Waals surface area contributed by atoms with E-state index in [-0.39, 0.29) is 5.78 Å². The summed E-state index contributed by atoms with van der Waals surface area (Å²) >= 11 is 0. The van der Waals surface area contributed by atoms with Crippen LogP contribution in [0.5, 0.6) is 0 Å². The molecular weight excluding hydrogens is 196 g/mol. The molecule has 0 fully saturated rings. The number of carbonyl (C=O) groups is 1. The van der Waals surface area contributed by atoms with Gasteiger partial charge < -0.3 is 0 Å². The number of allylic oxidation sites excluding steroid dienone is 1. The monoisotopic (exact) mass is 216 g/mol. The number of benzene rings is 1. The van der Waals surface area contributed by atoms with Gasteiger partial charge in [-0.25, -0.2) is 0 Å². The molecule has 0 unspecified atom stereocenters. The van der Waals surface area contributed by atoms with Crippen molar-refractivity contribution in [3.63, 3.8) is 0 Å². The Labute approximate surface area is 98.2 Å². The van der Waals surface area contributed by atoms with Crippen LogP contribution >= 0.6 is 0 Å². The fraction of sp³-hybridized carbons (Fsp3) is 0.400.